The zero-order valence-corrected chi connectivity index (χ0v) is 12.0. The molecular weight excluding hydrogens is 281 g/mol. The Hall–Kier alpha value is -1.29. The van der Waals surface area contributed by atoms with Crippen molar-refractivity contribution < 1.29 is 0 Å². The minimum atomic E-state index is 0.0858. The third-order valence-electron chi connectivity index (χ3n) is 3.00. The molecule has 1 heterocycles. The Balaban J connectivity index is 2.28. The van der Waals surface area contributed by atoms with Gasteiger partial charge in [-0.1, -0.05) is 23.2 Å². The molecular formula is C14H15Cl2N3. The second kappa shape index (κ2) is 6.24. The number of benzene rings is 1. The number of halogens is 2. The molecule has 0 amide bonds. The Labute approximate surface area is 122 Å². The summed E-state index contributed by atoms with van der Waals surface area (Å²) in [5.41, 5.74) is 8.71. The molecule has 1 aromatic heterocycles. The van der Waals surface area contributed by atoms with Gasteiger partial charge in [0.25, 0.3) is 0 Å². The summed E-state index contributed by atoms with van der Waals surface area (Å²) in [6.45, 7) is 0. The van der Waals surface area contributed by atoms with E-state index in [0.717, 1.165) is 23.2 Å². The highest BCUT2D eigenvalue weighted by Crippen LogP contribution is 2.26. The predicted octanol–water partition coefficient (Wildman–Crippen LogP) is 3.47. The number of nitrogens with two attached hydrogens (primary N) is 1. The highest BCUT2D eigenvalue weighted by molar-refractivity contribution is 6.34. The number of hydrogen-bond donors (Lipinski definition) is 2. The summed E-state index contributed by atoms with van der Waals surface area (Å²) in [5, 5.41) is 4.50. The summed E-state index contributed by atoms with van der Waals surface area (Å²) in [6.07, 6.45) is 4.20. The zero-order valence-electron chi connectivity index (χ0n) is 10.5. The van der Waals surface area contributed by atoms with Gasteiger partial charge in [0.2, 0.25) is 0 Å². The summed E-state index contributed by atoms with van der Waals surface area (Å²) in [5.74, 6) is 0. The summed E-state index contributed by atoms with van der Waals surface area (Å²) >= 11 is 12.1. The Morgan fingerprint density at radius 1 is 1.26 bits per heavy atom. The molecule has 0 aliphatic carbocycles. The number of rotatable bonds is 4. The van der Waals surface area contributed by atoms with E-state index >= 15 is 0 Å². The second-order valence-electron chi connectivity index (χ2n) is 4.32. The average molecular weight is 296 g/mol. The number of likely N-dealkylation sites (N-methyl/N-ethyl adjacent to an activating group) is 1. The second-order valence-corrected chi connectivity index (χ2v) is 5.20. The predicted molar refractivity (Wildman–Crippen MR) is 80.6 cm³/mol. The van der Waals surface area contributed by atoms with Crippen LogP contribution in [0.4, 0.5) is 5.69 Å². The van der Waals surface area contributed by atoms with E-state index in [9.17, 15) is 0 Å². The van der Waals surface area contributed by atoms with E-state index in [2.05, 4.69) is 10.3 Å². The molecule has 2 rings (SSSR count). The van der Waals surface area contributed by atoms with Crippen LogP contribution in [0.2, 0.25) is 10.0 Å². The number of aromatic nitrogens is 1. The van der Waals surface area contributed by atoms with Crippen molar-refractivity contribution in [2.45, 2.75) is 12.5 Å². The van der Waals surface area contributed by atoms with E-state index in [1.165, 1.54) is 0 Å². The lowest BCUT2D eigenvalue weighted by Crippen LogP contribution is -2.19. The molecule has 2 aromatic rings. The van der Waals surface area contributed by atoms with E-state index in [-0.39, 0.29) is 6.04 Å². The number of nitrogens with zero attached hydrogens (tertiary/aromatic N) is 1. The first-order chi connectivity index (χ1) is 9.10. The Bertz CT molecular complexity index is 552. The highest BCUT2D eigenvalue weighted by Gasteiger charge is 2.13. The van der Waals surface area contributed by atoms with Crippen LogP contribution in [0.1, 0.15) is 17.2 Å². The first kappa shape index (κ1) is 14.1. The number of anilines is 1. The molecule has 0 radical (unpaired) electrons. The SMILES string of the molecule is CNC(Cc1cnccc1N)c1cc(Cl)cc(Cl)c1. The van der Waals surface area contributed by atoms with Crippen LogP contribution in [-0.4, -0.2) is 12.0 Å². The lowest BCUT2D eigenvalue weighted by atomic mass is 9.99. The van der Waals surface area contributed by atoms with Crippen LogP contribution in [-0.2, 0) is 6.42 Å². The lowest BCUT2D eigenvalue weighted by Gasteiger charge is -2.18. The van der Waals surface area contributed by atoms with Crippen LogP contribution >= 0.6 is 23.2 Å². The van der Waals surface area contributed by atoms with Crippen LogP contribution < -0.4 is 11.1 Å². The van der Waals surface area contributed by atoms with E-state index in [1.807, 2.05) is 19.2 Å². The average Bonchev–Trinajstić information content (AvgIpc) is 2.36. The Morgan fingerprint density at radius 3 is 2.53 bits per heavy atom. The molecule has 0 saturated carbocycles. The van der Waals surface area contributed by atoms with Gasteiger partial charge in [-0.25, -0.2) is 0 Å². The molecule has 0 aliphatic rings. The quantitative estimate of drug-likeness (QED) is 0.908. The van der Waals surface area contributed by atoms with Gasteiger partial charge in [0, 0.05) is 34.2 Å². The third kappa shape index (κ3) is 3.60. The van der Waals surface area contributed by atoms with E-state index in [0.29, 0.717) is 10.0 Å². The van der Waals surface area contributed by atoms with Gasteiger partial charge in [0.05, 0.1) is 0 Å². The standard InChI is InChI=1S/C14H15Cl2N3/c1-18-14(6-10-8-19-3-2-13(10)17)9-4-11(15)7-12(16)5-9/h2-5,7-8,14,18H,6H2,1H3,(H2,17,19). The van der Waals surface area contributed by atoms with E-state index < -0.39 is 0 Å². The summed E-state index contributed by atoms with van der Waals surface area (Å²) < 4.78 is 0. The van der Waals surface area contributed by atoms with Gasteiger partial charge < -0.3 is 11.1 Å². The van der Waals surface area contributed by atoms with Crippen LogP contribution in [0.3, 0.4) is 0 Å². The molecule has 100 valence electrons. The molecule has 1 aromatic carbocycles. The first-order valence-electron chi connectivity index (χ1n) is 5.91. The van der Waals surface area contributed by atoms with Crippen LogP contribution in [0.15, 0.2) is 36.7 Å². The van der Waals surface area contributed by atoms with Crippen molar-refractivity contribution >= 4 is 28.9 Å². The maximum absolute atomic E-state index is 6.04. The topological polar surface area (TPSA) is 50.9 Å². The first-order valence-corrected chi connectivity index (χ1v) is 6.67. The van der Waals surface area contributed by atoms with Gasteiger partial charge in [0.15, 0.2) is 0 Å². The third-order valence-corrected chi connectivity index (χ3v) is 3.44. The number of pyridine rings is 1. The molecule has 0 bridgehead atoms. The normalized spacial score (nSPS) is 12.4. The number of nitrogen functional groups attached to an aromatic ring is 1. The van der Waals surface area contributed by atoms with Gasteiger partial charge in [-0.2, -0.15) is 0 Å². The van der Waals surface area contributed by atoms with Gasteiger partial charge >= 0.3 is 0 Å². The molecule has 1 unspecified atom stereocenters. The molecule has 3 N–H and O–H groups in total. The monoisotopic (exact) mass is 295 g/mol. The fraction of sp³-hybridized carbons (Fsp3) is 0.214. The van der Waals surface area contributed by atoms with Crippen molar-refractivity contribution in [1.29, 1.82) is 0 Å². The van der Waals surface area contributed by atoms with Crippen molar-refractivity contribution in [3.8, 4) is 0 Å². The van der Waals surface area contributed by atoms with Crippen molar-refractivity contribution in [3.05, 3.63) is 57.8 Å². The maximum atomic E-state index is 6.04. The van der Waals surface area contributed by atoms with E-state index in [1.54, 1.807) is 24.5 Å². The number of nitrogens with one attached hydrogen (secondary N) is 1. The summed E-state index contributed by atoms with van der Waals surface area (Å²) in [4.78, 5) is 4.10. The molecule has 5 heteroatoms. The van der Waals surface area contributed by atoms with Crippen molar-refractivity contribution in [1.82, 2.24) is 10.3 Å². The summed E-state index contributed by atoms with van der Waals surface area (Å²) in [6, 6.07) is 7.41. The molecule has 0 aliphatic heterocycles. The molecule has 0 spiro atoms. The van der Waals surface area contributed by atoms with Crippen molar-refractivity contribution in [2.24, 2.45) is 0 Å². The van der Waals surface area contributed by atoms with Gasteiger partial charge in [-0.3, -0.25) is 4.98 Å². The molecule has 3 nitrogen and oxygen atoms in total. The van der Waals surface area contributed by atoms with Gasteiger partial charge in [0.1, 0.15) is 0 Å². The minimum Gasteiger partial charge on any atom is -0.398 e. The Kier molecular flexibility index (Phi) is 4.64. The van der Waals surface area contributed by atoms with Crippen molar-refractivity contribution in [2.75, 3.05) is 12.8 Å². The smallest absolute Gasteiger partial charge is 0.0424 e. The molecule has 19 heavy (non-hydrogen) atoms. The fourth-order valence-corrected chi connectivity index (χ4v) is 2.53. The fourth-order valence-electron chi connectivity index (χ4n) is 1.99. The lowest BCUT2D eigenvalue weighted by molar-refractivity contribution is 0.592. The molecule has 0 fully saturated rings. The highest BCUT2D eigenvalue weighted by atomic mass is 35.5. The number of hydrogen-bond acceptors (Lipinski definition) is 3. The van der Waals surface area contributed by atoms with Gasteiger partial charge in [-0.05, 0) is 48.9 Å². The minimum absolute atomic E-state index is 0.0858. The zero-order chi connectivity index (χ0) is 13.8. The Morgan fingerprint density at radius 2 is 1.95 bits per heavy atom. The summed E-state index contributed by atoms with van der Waals surface area (Å²) in [7, 11) is 1.89. The molecule has 1 atom stereocenters. The van der Waals surface area contributed by atoms with Crippen LogP contribution in [0.5, 0.6) is 0 Å². The van der Waals surface area contributed by atoms with Gasteiger partial charge in [-0.15, -0.1) is 0 Å². The molecule has 0 saturated heterocycles. The van der Waals surface area contributed by atoms with Crippen LogP contribution in [0.25, 0.3) is 0 Å². The van der Waals surface area contributed by atoms with E-state index in [4.69, 9.17) is 28.9 Å². The maximum Gasteiger partial charge on any atom is 0.0424 e. The largest absolute Gasteiger partial charge is 0.398 e. The van der Waals surface area contributed by atoms with Crippen molar-refractivity contribution in [3.63, 3.8) is 0 Å². The van der Waals surface area contributed by atoms with Crippen LogP contribution in [0, 0.1) is 0 Å².